The van der Waals surface area contributed by atoms with Gasteiger partial charge in [0.2, 0.25) is 0 Å². The topological polar surface area (TPSA) is 200 Å². The molecular formula is C14H19N3O7. The molecule has 0 spiro atoms. The molecule has 0 aliphatic rings. The van der Waals surface area contributed by atoms with Crippen molar-refractivity contribution in [2.45, 2.75) is 25.0 Å². The van der Waals surface area contributed by atoms with E-state index in [1.165, 1.54) is 6.92 Å². The molecule has 0 aliphatic heterocycles. The molecule has 0 bridgehead atoms. The van der Waals surface area contributed by atoms with Gasteiger partial charge in [-0.05, 0) is 11.6 Å². The normalized spacial score (nSPS) is 17.3. The third-order valence-electron chi connectivity index (χ3n) is 3.78. The predicted octanol–water partition coefficient (Wildman–Crippen LogP) is -1.92. The Balaban J connectivity index is 3.25. The first kappa shape index (κ1) is 19.5. The molecule has 0 aliphatic carbocycles. The highest BCUT2D eigenvalue weighted by Gasteiger charge is 2.39. The number of carbonyl (C=O) groups is 2. The fraction of sp³-hybridized carbons (Fsp3) is 0.429. The molecule has 5 atom stereocenters. The average molecular weight is 341 g/mol. The van der Waals surface area contributed by atoms with Gasteiger partial charge < -0.3 is 31.8 Å². The Morgan fingerprint density at radius 1 is 1.00 bits per heavy atom. The van der Waals surface area contributed by atoms with Crippen LogP contribution in [0.1, 0.15) is 18.5 Å². The summed E-state index contributed by atoms with van der Waals surface area (Å²) >= 11 is 0. The quantitative estimate of drug-likeness (QED) is 0.372. The second-order valence-corrected chi connectivity index (χ2v) is 5.39. The molecule has 1 aromatic heterocycles. The lowest BCUT2D eigenvalue weighted by atomic mass is 9.81. The van der Waals surface area contributed by atoms with Crippen molar-refractivity contribution in [3.8, 4) is 0 Å². The Morgan fingerprint density at radius 3 is 2.08 bits per heavy atom. The molecule has 1 aromatic rings. The van der Waals surface area contributed by atoms with Gasteiger partial charge in [0.15, 0.2) is 0 Å². The maximum atomic E-state index is 11.6. The van der Waals surface area contributed by atoms with Gasteiger partial charge in [0, 0.05) is 30.3 Å². The van der Waals surface area contributed by atoms with Crippen molar-refractivity contribution in [3.05, 3.63) is 44.6 Å². The summed E-state index contributed by atoms with van der Waals surface area (Å²) in [5.41, 5.74) is 15.5. The molecular weight excluding hydrogens is 322 g/mol. The third kappa shape index (κ3) is 4.47. The zero-order chi connectivity index (χ0) is 18.6. The molecule has 0 amide bonds. The monoisotopic (exact) mass is 341 g/mol. The van der Waals surface area contributed by atoms with Crippen molar-refractivity contribution < 1.29 is 24.2 Å². The summed E-state index contributed by atoms with van der Waals surface area (Å²) in [4.78, 5) is 45.1. The Hall–Kier alpha value is -2.56. The van der Waals surface area contributed by atoms with Crippen LogP contribution in [0.5, 0.6) is 0 Å². The lowest BCUT2D eigenvalue weighted by molar-refractivity contribution is -0.146. The Morgan fingerprint density at radius 2 is 1.58 bits per heavy atom. The molecule has 5 unspecified atom stereocenters. The van der Waals surface area contributed by atoms with Gasteiger partial charge in [-0.3, -0.25) is 9.59 Å². The highest BCUT2D eigenvalue weighted by atomic mass is 16.4. The second-order valence-electron chi connectivity index (χ2n) is 5.39. The molecule has 8 N–H and O–H groups in total. The predicted molar refractivity (Wildman–Crippen MR) is 82.1 cm³/mol. The van der Waals surface area contributed by atoms with Crippen LogP contribution in [0, 0.1) is 11.8 Å². The number of carboxylic acids is 2. The van der Waals surface area contributed by atoms with Crippen LogP contribution in [0.4, 0.5) is 0 Å². The van der Waals surface area contributed by atoms with E-state index in [4.69, 9.17) is 22.3 Å². The van der Waals surface area contributed by atoms with Gasteiger partial charge in [-0.2, -0.15) is 0 Å². The van der Waals surface area contributed by atoms with Gasteiger partial charge in [-0.1, -0.05) is 6.92 Å². The van der Waals surface area contributed by atoms with E-state index in [0.29, 0.717) is 0 Å². The standard InChI is InChI=1S/C14H19N3O7/c1-5(13(20)21)10(15)12(17)9(14(22)23)11(16)6-2-3-7(18)24-8(19)4-6/h2-5,9-12H,15-17H2,1H3,(H,20,21)(H,22,23). The molecule has 0 aromatic carbocycles. The van der Waals surface area contributed by atoms with E-state index in [1.807, 2.05) is 0 Å². The van der Waals surface area contributed by atoms with Crippen LogP contribution in [-0.4, -0.2) is 34.2 Å². The fourth-order valence-electron chi connectivity index (χ4n) is 2.22. The lowest BCUT2D eigenvalue weighted by Gasteiger charge is -2.31. The van der Waals surface area contributed by atoms with Crippen LogP contribution in [0.3, 0.4) is 0 Å². The highest BCUT2D eigenvalue weighted by Crippen LogP contribution is 2.24. The van der Waals surface area contributed by atoms with Crippen molar-refractivity contribution in [2.24, 2.45) is 29.0 Å². The summed E-state index contributed by atoms with van der Waals surface area (Å²) < 4.78 is 4.33. The Labute approximate surface area is 135 Å². The second kappa shape index (κ2) is 7.81. The van der Waals surface area contributed by atoms with E-state index < -0.39 is 53.2 Å². The zero-order valence-corrected chi connectivity index (χ0v) is 12.8. The van der Waals surface area contributed by atoms with Gasteiger partial charge in [-0.25, -0.2) is 9.59 Å². The maximum absolute atomic E-state index is 11.6. The number of hydrogen-bond acceptors (Lipinski definition) is 8. The van der Waals surface area contributed by atoms with Crippen molar-refractivity contribution in [1.82, 2.24) is 0 Å². The molecule has 132 valence electrons. The first-order valence-electron chi connectivity index (χ1n) is 6.94. The summed E-state index contributed by atoms with van der Waals surface area (Å²) in [5, 5.41) is 18.4. The SMILES string of the molecule is CC(C(=O)O)C(N)C(N)C(C(=O)O)C(N)c1ccc(=O)oc(=O)c1. The number of aliphatic carboxylic acids is 2. The highest BCUT2D eigenvalue weighted by molar-refractivity contribution is 5.74. The third-order valence-corrected chi connectivity index (χ3v) is 3.78. The smallest absolute Gasteiger partial charge is 0.338 e. The Bertz CT molecular complexity index is 733. The minimum atomic E-state index is -1.49. The molecule has 0 saturated heterocycles. The van der Waals surface area contributed by atoms with Crippen LogP contribution in [0.25, 0.3) is 0 Å². The zero-order valence-electron chi connectivity index (χ0n) is 12.8. The van der Waals surface area contributed by atoms with Gasteiger partial charge in [0.05, 0.1) is 11.8 Å². The van der Waals surface area contributed by atoms with Crippen LogP contribution in [0.2, 0.25) is 0 Å². The van der Waals surface area contributed by atoms with Gasteiger partial charge in [0.25, 0.3) is 0 Å². The Kier molecular flexibility index (Phi) is 6.35. The van der Waals surface area contributed by atoms with Crippen LogP contribution in [-0.2, 0) is 9.59 Å². The fourth-order valence-corrected chi connectivity index (χ4v) is 2.22. The molecule has 10 heteroatoms. The molecule has 10 nitrogen and oxygen atoms in total. The van der Waals surface area contributed by atoms with Crippen LogP contribution in [0.15, 0.2) is 32.2 Å². The summed E-state index contributed by atoms with van der Waals surface area (Å²) in [6, 6.07) is -0.875. The van der Waals surface area contributed by atoms with E-state index >= 15 is 0 Å². The van der Waals surface area contributed by atoms with E-state index in [9.17, 15) is 24.3 Å². The largest absolute Gasteiger partial charge is 0.481 e. The molecule has 1 heterocycles. The summed E-state index contributed by atoms with van der Waals surface area (Å²) in [6.45, 7) is 1.29. The first-order chi connectivity index (χ1) is 11.1. The minimum Gasteiger partial charge on any atom is -0.481 e. The molecule has 0 radical (unpaired) electrons. The maximum Gasteiger partial charge on any atom is 0.338 e. The van der Waals surface area contributed by atoms with Crippen molar-refractivity contribution >= 4 is 11.9 Å². The van der Waals surface area contributed by atoms with E-state index in [0.717, 1.165) is 18.2 Å². The van der Waals surface area contributed by atoms with Crippen LogP contribution >= 0.6 is 0 Å². The number of rotatable bonds is 7. The van der Waals surface area contributed by atoms with Gasteiger partial charge >= 0.3 is 23.2 Å². The van der Waals surface area contributed by atoms with Gasteiger partial charge in [-0.15, -0.1) is 0 Å². The van der Waals surface area contributed by atoms with E-state index in [1.54, 1.807) is 0 Å². The number of nitrogens with two attached hydrogens (primary N) is 3. The molecule has 24 heavy (non-hydrogen) atoms. The van der Waals surface area contributed by atoms with E-state index in [-0.39, 0.29) is 5.56 Å². The minimum absolute atomic E-state index is 0.00359. The number of carboxylic acid groups (broad SMARTS) is 2. The first-order valence-corrected chi connectivity index (χ1v) is 6.94. The molecule has 1 rings (SSSR count). The molecule has 0 fully saturated rings. The summed E-state index contributed by atoms with van der Waals surface area (Å²) in [6.07, 6.45) is 0. The summed E-state index contributed by atoms with van der Waals surface area (Å²) in [7, 11) is 0. The van der Waals surface area contributed by atoms with E-state index in [2.05, 4.69) is 4.42 Å². The van der Waals surface area contributed by atoms with Gasteiger partial charge in [0.1, 0.15) is 0 Å². The van der Waals surface area contributed by atoms with Crippen molar-refractivity contribution in [3.63, 3.8) is 0 Å². The number of hydrogen-bond donors (Lipinski definition) is 5. The molecule has 0 saturated carbocycles. The average Bonchev–Trinajstić information content (AvgIpc) is 2.65. The van der Waals surface area contributed by atoms with Crippen molar-refractivity contribution in [2.75, 3.05) is 0 Å². The van der Waals surface area contributed by atoms with Crippen LogP contribution < -0.4 is 28.5 Å². The lowest BCUT2D eigenvalue weighted by Crippen LogP contribution is -2.56. The summed E-state index contributed by atoms with van der Waals surface area (Å²) in [5.74, 6) is -5.25. The van der Waals surface area contributed by atoms with Crippen molar-refractivity contribution in [1.29, 1.82) is 0 Å².